The number of thiophene rings is 1. The van der Waals surface area contributed by atoms with Crippen molar-refractivity contribution in [2.45, 2.75) is 6.54 Å². The molecule has 2 heterocycles. The lowest BCUT2D eigenvalue weighted by Crippen LogP contribution is -2.20. The Morgan fingerprint density at radius 3 is 2.86 bits per heavy atom. The van der Waals surface area contributed by atoms with Gasteiger partial charge in [0.25, 0.3) is 0 Å². The van der Waals surface area contributed by atoms with E-state index < -0.39 is 0 Å². The topological polar surface area (TPSA) is 67.1 Å². The minimum absolute atomic E-state index is 0.269. The van der Waals surface area contributed by atoms with Gasteiger partial charge in [0.2, 0.25) is 0 Å². The van der Waals surface area contributed by atoms with Crippen LogP contribution in [0.2, 0.25) is 0 Å². The average molecular weight is 303 g/mol. The van der Waals surface area contributed by atoms with E-state index in [0.29, 0.717) is 23.9 Å². The Morgan fingerprint density at radius 1 is 1.29 bits per heavy atom. The van der Waals surface area contributed by atoms with E-state index in [9.17, 15) is 4.39 Å². The molecule has 3 aromatic rings. The van der Waals surface area contributed by atoms with Crippen LogP contribution in [0.25, 0.3) is 10.2 Å². The monoisotopic (exact) mass is 303 g/mol. The fraction of sp³-hybridized carbons (Fsp3) is 0.143. The number of hydrazine groups is 1. The largest absolute Gasteiger partial charge is 0.365 e. The summed E-state index contributed by atoms with van der Waals surface area (Å²) in [6.07, 6.45) is 0. The van der Waals surface area contributed by atoms with E-state index >= 15 is 0 Å². The molecule has 108 valence electrons. The van der Waals surface area contributed by atoms with Gasteiger partial charge in [-0.3, -0.25) is 0 Å². The lowest BCUT2D eigenvalue weighted by molar-refractivity contribution is 0.621. The van der Waals surface area contributed by atoms with Crippen LogP contribution in [0.1, 0.15) is 5.82 Å². The minimum atomic E-state index is -0.269. The Kier molecular flexibility index (Phi) is 3.68. The zero-order valence-electron chi connectivity index (χ0n) is 11.4. The molecule has 1 aromatic carbocycles. The van der Waals surface area contributed by atoms with Crippen molar-refractivity contribution in [3.63, 3.8) is 0 Å². The van der Waals surface area contributed by atoms with Crippen LogP contribution in [0.4, 0.5) is 15.9 Å². The first-order valence-electron chi connectivity index (χ1n) is 6.35. The van der Waals surface area contributed by atoms with Gasteiger partial charge in [-0.15, -0.1) is 11.3 Å². The van der Waals surface area contributed by atoms with Gasteiger partial charge >= 0.3 is 0 Å². The summed E-state index contributed by atoms with van der Waals surface area (Å²) in [5, 5.41) is 2.82. The maximum Gasteiger partial charge on any atom is 0.152 e. The lowest BCUT2D eigenvalue weighted by Gasteiger charge is -2.19. The van der Waals surface area contributed by atoms with E-state index in [1.807, 2.05) is 11.4 Å². The molecule has 0 fully saturated rings. The van der Waals surface area contributed by atoms with Gasteiger partial charge in [-0.25, -0.2) is 20.2 Å². The van der Waals surface area contributed by atoms with Crippen molar-refractivity contribution in [1.82, 2.24) is 9.97 Å². The predicted octanol–water partition coefficient (Wildman–Crippen LogP) is 2.75. The highest BCUT2D eigenvalue weighted by Crippen LogP contribution is 2.25. The molecule has 0 unspecified atom stereocenters. The van der Waals surface area contributed by atoms with Gasteiger partial charge in [-0.2, -0.15) is 0 Å². The van der Waals surface area contributed by atoms with Gasteiger partial charge < -0.3 is 10.3 Å². The molecule has 2 aromatic heterocycles. The number of rotatable bonds is 4. The molecular formula is C14H14FN5S. The molecule has 0 amide bonds. The van der Waals surface area contributed by atoms with Gasteiger partial charge in [-0.05, 0) is 23.6 Å². The van der Waals surface area contributed by atoms with Crippen molar-refractivity contribution >= 4 is 33.1 Å². The highest BCUT2D eigenvalue weighted by Gasteiger charge is 2.12. The highest BCUT2D eigenvalue weighted by atomic mass is 32.1. The number of nitrogens with one attached hydrogen (secondary N) is 1. The number of nitrogen functional groups attached to an aromatic ring is 1. The van der Waals surface area contributed by atoms with Gasteiger partial charge in [0.15, 0.2) is 11.6 Å². The van der Waals surface area contributed by atoms with Crippen LogP contribution < -0.4 is 16.2 Å². The molecule has 0 aliphatic heterocycles. The SMILES string of the molecule is CN(Cc1nc(NN)c2ccsc2n1)c1ccccc1F. The maximum absolute atomic E-state index is 13.8. The van der Waals surface area contributed by atoms with Gasteiger partial charge in [0.05, 0.1) is 17.6 Å². The molecular weight excluding hydrogens is 289 g/mol. The Hall–Kier alpha value is -2.25. The van der Waals surface area contributed by atoms with Crippen molar-refractivity contribution in [3.05, 3.63) is 47.4 Å². The Morgan fingerprint density at radius 2 is 2.10 bits per heavy atom. The molecule has 0 bridgehead atoms. The van der Waals surface area contributed by atoms with Crippen molar-refractivity contribution in [2.24, 2.45) is 5.84 Å². The Balaban J connectivity index is 1.92. The lowest BCUT2D eigenvalue weighted by atomic mass is 10.3. The quantitative estimate of drug-likeness (QED) is 0.573. The number of anilines is 2. The van der Waals surface area contributed by atoms with E-state index in [2.05, 4.69) is 15.4 Å². The maximum atomic E-state index is 13.8. The van der Waals surface area contributed by atoms with Gasteiger partial charge in [-0.1, -0.05) is 12.1 Å². The van der Waals surface area contributed by atoms with Crippen LogP contribution in [-0.4, -0.2) is 17.0 Å². The number of fused-ring (bicyclic) bond motifs is 1. The van der Waals surface area contributed by atoms with E-state index in [0.717, 1.165) is 10.2 Å². The molecule has 21 heavy (non-hydrogen) atoms. The third-order valence-electron chi connectivity index (χ3n) is 3.15. The van der Waals surface area contributed by atoms with Crippen LogP contribution in [0.5, 0.6) is 0 Å². The number of para-hydroxylation sites is 1. The molecule has 0 atom stereocenters. The van der Waals surface area contributed by atoms with Gasteiger partial charge in [0.1, 0.15) is 10.6 Å². The van der Waals surface area contributed by atoms with Crippen molar-refractivity contribution < 1.29 is 4.39 Å². The predicted molar refractivity (Wildman–Crippen MR) is 83.7 cm³/mol. The van der Waals surface area contributed by atoms with Crippen LogP contribution in [0, 0.1) is 5.82 Å². The molecule has 0 aliphatic rings. The van der Waals surface area contributed by atoms with E-state index in [4.69, 9.17) is 5.84 Å². The summed E-state index contributed by atoms with van der Waals surface area (Å²) >= 11 is 1.52. The standard InChI is InChI=1S/C14H14FN5S/c1-20(11-5-3-2-4-10(11)15)8-12-17-13(19-16)9-6-7-21-14(9)18-12/h2-7H,8,16H2,1H3,(H,17,18,19). The van der Waals surface area contributed by atoms with Crippen LogP contribution in [0.3, 0.4) is 0 Å². The summed E-state index contributed by atoms with van der Waals surface area (Å²) in [6, 6.07) is 8.53. The number of aromatic nitrogens is 2. The number of halogens is 1. The molecule has 7 heteroatoms. The molecule has 5 nitrogen and oxygen atoms in total. The van der Waals surface area contributed by atoms with Gasteiger partial charge in [0, 0.05) is 7.05 Å². The Labute approximate surface area is 125 Å². The summed E-state index contributed by atoms with van der Waals surface area (Å²) in [6.45, 7) is 0.392. The molecule has 0 saturated carbocycles. The second-order valence-corrected chi connectivity index (χ2v) is 5.47. The zero-order chi connectivity index (χ0) is 14.8. The van der Waals surface area contributed by atoms with E-state index in [1.165, 1.54) is 17.4 Å². The van der Waals surface area contributed by atoms with Crippen molar-refractivity contribution in [3.8, 4) is 0 Å². The van der Waals surface area contributed by atoms with Crippen molar-refractivity contribution in [2.75, 3.05) is 17.4 Å². The molecule has 0 aliphatic carbocycles. The Bertz CT molecular complexity index is 773. The first kappa shape index (κ1) is 13.7. The summed E-state index contributed by atoms with van der Waals surface area (Å²) in [7, 11) is 1.80. The van der Waals surface area contributed by atoms with Crippen LogP contribution in [-0.2, 0) is 6.54 Å². The number of nitrogens with two attached hydrogens (primary N) is 1. The highest BCUT2D eigenvalue weighted by molar-refractivity contribution is 7.16. The summed E-state index contributed by atoms with van der Waals surface area (Å²) in [5.41, 5.74) is 3.09. The summed E-state index contributed by atoms with van der Waals surface area (Å²) in [4.78, 5) is 11.5. The fourth-order valence-electron chi connectivity index (χ4n) is 2.14. The number of hydrogen-bond acceptors (Lipinski definition) is 6. The third-order valence-corrected chi connectivity index (χ3v) is 3.96. The first-order valence-corrected chi connectivity index (χ1v) is 7.23. The first-order chi connectivity index (χ1) is 10.2. The van der Waals surface area contributed by atoms with Crippen LogP contribution >= 0.6 is 11.3 Å². The van der Waals surface area contributed by atoms with E-state index in [1.54, 1.807) is 30.1 Å². The molecule has 0 spiro atoms. The number of benzene rings is 1. The minimum Gasteiger partial charge on any atom is -0.365 e. The number of hydrogen-bond donors (Lipinski definition) is 2. The smallest absolute Gasteiger partial charge is 0.152 e. The van der Waals surface area contributed by atoms with E-state index in [-0.39, 0.29) is 5.82 Å². The summed E-state index contributed by atoms with van der Waals surface area (Å²) < 4.78 is 13.8. The second-order valence-electron chi connectivity index (χ2n) is 4.58. The molecule has 3 rings (SSSR count). The van der Waals surface area contributed by atoms with Crippen LogP contribution in [0.15, 0.2) is 35.7 Å². The van der Waals surface area contributed by atoms with Crippen molar-refractivity contribution in [1.29, 1.82) is 0 Å². The molecule has 0 radical (unpaired) electrons. The fourth-order valence-corrected chi connectivity index (χ4v) is 2.92. The normalized spacial score (nSPS) is 10.8. The average Bonchev–Trinajstić information content (AvgIpc) is 2.95. The summed E-state index contributed by atoms with van der Waals surface area (Å²) in [5.74, 6) is 6.40. The number of nitrogens with zero attached hydrogens (tertiary/aromatic N) is 3. The third kappa shape index (κ3) is 2.65. The molecule has 3 N–H and O–H groups in total. The molecule has 0 saturated heterocycles. The zero-order valence-corrected chi connectivity index (χ0v) is 12.2. The second kappa shape index (κ2) is 5.63.